The summed E-state index contributed by atoms with van der Waals surface area (Å²) in [4.78, 5) is 12.9. The molecule has 6 nitrogen and oxygen atoms in total. The first-order valence-electron chi connectivity index (χ1n) is 10.5. The summed E-state index contributed by atoms with van der Waals surface area (Å²) in [5.41, 5.74) is 1.82. The molecule has 8 heteroatoms. The Morgan fingerprint density at radius 2 is 1.73 bits per heavy atom. The maximum absolute atomic E-state index is 13.2. The van der Waals surface area contributed by atoms with E-state index < -0.39 is 0 Å². The molecule has 0 atom stereocenters. The molecule has 1 aromatic carbocycles. The lowest BCUT2D eigenvalue weighted by Crippen LogP contribution is -2.48. The molecule has 0 radical (unpaired) electrons. The van der Waals surface area contributed by atoms with Crippen LogP contribution in [0.2, 0.25) is 0 Å². The van der Waals surface area contributed by atoms with Gasteiger partial charge in [0.15, 0.2) is 0 Å². The van der Waals surface area contributed by atoms with E-state index in [1.54, 1.807) is 12.1 Å². The number of aromatic nitrogens is 4. The van der Waals surface area contributed by atoms with Crippen molar-refractivity contribution in [1.29, 1.82) is 0 Å². The van der Waals surface area contributed by atoms with Crippen molar-refractivity contribution in [3.8, 4) is 11.3 Å². The Bertz CT molecular complexity index is 1070. The molecule has 4 aliphatic rings. The summed E-state index contributed by atoms with van der Waals surface area (Å²) in [7, 11) is 0. The van der Waals surface area contributed by atoms with Crippen molar-refractivity contribution in [2.24, 2.45) is 17.8 Å². The lowest BCUT2D eigenvalue weighted by atomic mass is 9.50. The van der Waals surface area contributed by atoms with Crippen LogP contribution < -0.4 is 5.32 Å². The van der Waals surface area contributed by atoms with Crippen LogP contribution in [0.25, 0.3) is 11.3 Å². The van der Waals surface area contributed by atoms with E-state index in [1.165, 1.54) is 68.2 Å². The Balaban J connectivity index is 1.23. The van der Waals surface area contributed by atoms with Gasteiger partial charge in [-0.1, -0.05) is 11.3 Å². The second kappa shape index (κ2) is 6.70. The van der Waals surface area contributed by atoms with Crippen LogP contribution in [-0.2, 0) is 5.41 Å². The summed E-state index contributed by atoms with van der Waals surface area (Å²) >= 11 is 1.52. The molecule has 2 aromatic heterocycles. The minimum atomic E-state index is -0.324. The number of amides is 1. The quantitative estimate of drug-likeness (QED) is 0.632. The molecular formula is C22H22FN5OS. The Morgan fingerprint density at radius 3 is 2.40 bits per heavy atom. The second-order valence-corrected chi connectivity index (χ2v) is 10.2. The Hall–Kier alpha value is -2.61. The molecule has 2 N–H and O–H groups in total. The molecule has 30 heavy (non-hydrogen) atoms. The molecule has 0 unspecified atom stereocenters. The van der Waals surface area contributed by atoms with Crippen LogP contribution >= 0.6 is 11.3 Å². The van der Waals surface area contributed by atoms with Crippen LogP contribution in [0.4, 0.5) is 9.52 Å². The number of anilines is 1. The average molecular weight is 424 g/mol. The van der Waals surface area contributed by atoms with E-state index in [9.17, 15) is 9.18 Å². The van der Waals surface area contributed by atoms with Crippen LogP contribution in [-0.4, -0.2) is 26.3 Å². The Morgan fingerprint density at radius 1 is 1.07 bits per heavy atom. The third kappa shape index (κ3) is 2.96. The van der Waals surface area contributed by atoms with Crippen LogP contribution in [0.5, 0.6) is 0 Å². The zero-order valence-electron chi connectivity index (χ0n) is 16.4. The number of hydrogen-bond donors (Lipinski definition) is 2. The molecule has 0 spiro atoms. The lowest BCUT2D eigenvalue weighted by Gasteiger charge is -2.55. The largest absolute Gasteiger partial charge is 0.296 e. The summed E-state index contributed by atoms with van der Waals surface area (Å²) in [5.74, 6) is 1.89. The van der Waals surface area contributed by atoms with E-state index >= 15 is 0 Å². The predicted molar refractivity (Wildman–Crippen MR) is 112 cm³/mol. The highest BCUT2D eigenvalue weighted by Gasteiger charge is 2.53. The smallest absolute Gasteiger partial charge is 0.261 e. The first kappa shape index (κ1) is 18.2. The fourth-order valence-electron chi connectivity index (χ4n) is 6.32. The van der Waals surface area contributed by atoms with Gasteiger partial charge in [0, 0.05) is 11.0 Å². The monoisotopic (exact) mass is 423 g/mol. The van der Waals surface area contributed by atoms with Gasteiger partial charge in [0.2, 0.25) is 5.13 Å². The van der Waals surface area contributed by atoms with E-state index in [1.807, 2.05) is 0 Å². The summed E-state index contributed by atoms with van der Waals surface area (Å²) < 4.78 is 13.2. The Kier molecular flexibility index (Phi) is 4.06. The molecule has 4 bridgehead atoms. The highest BCUT2D eigenvalue weighted by atomic mass is 32.1. The normalized spacial score (nSPS) is 29.3. The molecule has 4 aliphatic carbocycles. The highest BCUT2D eigenvalue weighted by Crippen LogP contribution is 2.61. The minimum absolute atomic E-state index is 0.171. The van der Waals surface area contributed by atoms with Gasteiger partial charge in [0.05, 0.1) is 17.5 Å². The van der Waals surface area contributed by atoms with Crippen molar-refractivity contribution in [2.45, 2.75) is 43.9 Å². The Labute approximate surface area is 177 Å². The third-order valence-electron chi connectivity index (χ3n) is 7.15. The van der Waals surface area contributed by atoms with Crippen molar-refractivity contribution in [1.82, 2.24) is 20.4 Å². The summed E-state index contributed by atoms with van der Waals surface area (Å²) in [6, 6.07) is 5.96. The van der Waals surface area contributed by atoms with Crippen molar-refractivity contribution in [2.75, 3.05) is 5.32 Å². The summed E-state index contributed by atoms with van der Waals surface area (Å²) in [6.07, 6.45) is 9.29. The predicted octanol–water partition coefficient (Wildman–Crippen LogP) is 4.79. The highest BCUT2D eigenvalue weighted by molar-refractivity contribution is 7.15. The number of hydrogen-bond acceptors (Lipinski definition) is 5. The number of carbonyl (C=O) groups excluding carboxylic acids is 1. The van der Waals surface area contributed by atoms with Gasteiger partial charge in [-0.25, -0.2) is 4.39 Å². The number of benzene rings is 1. The molecule has 154 valence electrons. The fraction of sp³-hybridized carbons (Fsp3) is 0.455. The third-order valence-corrected chi connectivity index (χ3v) is 8.24. The van der Waals surface area contributed by atoms with Gasteiger partial charge >= 0.3 is 0 Å². The van der Waals surface area contributed by atoms with Gasteiger partial charge in [-0.3, -0.25) is 15.2 Å². The zero-order chi connectivity index (χ0) is 20.3. The second-order valence-electron chi connectivity index (χ2n) is 9.23. The maximum Gasteiger partial charge on any atom is 0.261 e. The van der Waals surface area contributed by atoms with Crippen LogP contribution in [0, 0.1) is 23.6 Å². The number of nitrogens with zero attached hydrogens (tertiary/aromatic N) is 3. The minimum Gasteiger partial charge on any atom is -0.296 e. The molecule has 3 aromatic rings. The molecule has 4 fully saturated rings. The van der Waals surface area contributed by atoms with Crippen molar-refractivity contribution in [3.05, 3.63) is 46.9 Å². The van der Waals surface area contributed by atoms with E-state index in [0.717, 1.165) is 22.8 Å². The summed E-state index contributed by atoms with van der Waals surface area (Å²) in [5, 5.41) is 20.2. The maximum atomic E-state index is 13.2. The fourth-order valence-corrected chi connectivity index (χ4v) is 7.28. The number of halogens is 1. The number of H-pyrrole nitrogens is 1. The van der Waals surface area contributed by atoms with Gasteiger partial charge in [-0.15, -0.1) is 10.2 Å². The van der Waals surface area contributed by atoms with E-state index in [2.05, 4.69) is 25.7 Å². The van der Waals surface area contributed by atoms with Crippen LogP contribution in [0.3, 0.4) is 0 Å². The first-order valence-corrected chi connectivity index (χ1v) is 11.3. The van der Waals surface area contributed by atoms with Gasteiger partial charge < -0.3 is 0 Å². The standard InChI is InChI=1S/C22H22FN5OS/c23-16-3-1-15(2-4-16)18-17(11-24-26-18)19(29)25-21-28-27-20(30-21)22-8-12-5-13(9-22)7-14(6-12)10-22/h1-4,11-14H,5-10H2,(H,24,26)(H,25,28,29). The number of nitrogens with one attached hydrogen (secondary N) is 2. The molecular weight excluding hydrogens is 401 g/mol. The van der Waals surface area contributed by atoms with Gasteiger partial charge in [-0.05, 0) is 80.5 Å². The molecule has 0 aliphatic heterocycles. The number of carbonyl (C=O) groups is 1. The molecule has 1 amide bonds. The lowest BCUT2D eigenvalue weighted by molar-refractivity contribution is -0.00555. The topological polar surface area (TPSA) is 83.6 Å². The first-order chi connectivity index (χ1) is 14.6. The number of rotatable bonds is 4. The van der Waals surface area contributed by atoms with E-state index in [-0.39, 0.29) is 17.1 Å². The van der Waals surface area contributed by atoms with Gasteiger partial charge in [-0.2, -0.15) is 5.10 Å². The van der Waals surface area contributed by atoms with Crippen LogP contribution in [0.1, 0.15) is 53.9 Å². The zero-order valence-corrected chi connectivity index (χ0v) is 17.2. The average Bonchev–Trinajstić information content (AvgIpc) is 3.37. The summed E-state index contributed by atoms with van der Waals surface area (Å²) in [6.45, 7) is 0. The van der Waals surface area contributed by atoms with Crippen molar-refractivity contribution < 1.29 is 9.18 Å². The molecule has 4 saturated carbocycles. The van der Waals surface area contributed by atoms with Crippen molar-refractivity contribution in [3.63, 3.8) is 0 Å². The number of aromatic amines is 1. The molecule has 2 heterocycles. The SMILES string of the molecule is O=C(Nc1nnc(C23CC4CC(CC(C4)C2)C3)s1)c1cn[nH]c1-c1ccc(F)cc1. The van der Waals surface area contributed by atoms with E-state index in [0.29, 0.717) is 22.0 Å². The van der Waals surface area contributed by atoms with E-state index in [4.69, 9.17) is 0 Å². The molecule has 0 saturated heterocycles. The van der Waals surface area contributed by atoms with Gasteiger partial charge in [0.1, 0.15) is 10.8 Å². The van der Waals surface area contributed by atoms with Crippen LogP contribution in [0.15, 0.2) is 30.5 Å². The van der Waals surface area contributed by atoms with Gasteiger partial charge in [0.25, 0.3) is 5.91 Å². The molecule has 7 rings (SSSR count). The van der Waals surface area contributed by atoms with Crippen molar-refractivity contribution >= 4 is 22.4 Å².